The van der Waals surface area contributed by atoms with Gasteiger partial charge in [-0.15, -0.1) is 10.2 Å². The van der Waals surface area contributed by atoms with Crippen LogP contribution < -0.4 is 5.32 Å². The van der Waals surface area contributed by atoms with Crippen molar-refractivity contribution in [1.82, 2.24) is 20.1 Å². The summed E-state index contributed by atoms with van der Waals surface area (Å²) in [6, 6.07) is 10.3. The van der Waals surface area contributed by atoms with E-state index in [1.54, 1.807) is 0 Å². The van der Waals surface area contributed by atoms with E-state index in [9.17, 15) is 4.79 Å². The molecule has 5 nitrogen and oxygen atoms in total. The van der Waals surface area contributed by atoms with Crippen LogP contribution in [0.4, 0.5) is 0 Å². The molecular weight excluding hydrogens is 320 g/mol. The molecule has 0 radical (unpaired) electrons. The van der Waals surface area contributed by atoms with E-state index in [2.05, 4.69) is 15.5 Å². The van der Waals surface area contributed by atoms with Gasteiger partial charge in [0.2, 0.25) is 5.91 Å². The number of aromatic nitrogens is 3. The van der Waals surface area contributed by atoms with Crippen LogP contribution in [0.3, 0.4) is 0 Å². The highest BCUT2D eigenvalue weighted by atomic mass is 32.2. The maximum absolute atomic E-state index is 12.2. The number of carbonyl (C=O) groups is 1. The number of hydrogen-bond donors (Lipinski definition) is 1. The lowest BCUT2D eigenvalue weighted by atomic mass is 10.1. The molecule has 0 spiro atoms. The maximum Gasteiger partial charge on any atom is 0.230 e. The lowest BCUT2D eigenvalue weighted by Gasteiger charge is -2.15. The van der Waals surface area contributed by atoms with Crippen molar-refractivity contribution in [1.29, 1.82) is 0 Å². The van der Waals surface area contributed by atoms with Crippen LogP contribution in [0.25, 0.3) is 11.4 Å². The Bertz CT molecular complexity index is 663. The van der Waals surface area contributed by atoms with Crippen molar-refractivity contribution in [3.63, 3.8) is 0 Å². The Kier molecular flexibility index (Phi) is 5.91. The van der Waals surface area contributed by atoms with Gasteiger partial charge in [-0.1, -0.05) is 67.8 Å². The highest BCUT2D eigenvalue weighted by Crippen LogP contribution is 2.22. The van der Waals surface area contributed by atoms with E-state index in [1.165, 1.54) is 37.4 Å². The Hall–Kier alpha value is -1.82. The summed E-state index contributed by atoms with van der Waals surface area (Å²) in [6.45, 7) is 0. The van der Waals surface area contributed by atoms with Crippen molar-refractivity contribution in [2.24, 2.45) is 7.05 Å². The number of benzene rings is 1. The van der Waals surface area contributed by atoms with Gasteiger partial charge in [0.15, 0.2) is 11.0 Å². The van der Waals surface area contributed by atoms with E-state index in [0.29, 0.717) is 11.8 Å². The van der Waals surface area contributed by atoms with Gasteiger partial charge >= 0.3 is 0 Å². The standard InChI is InChI=1S/C18H24N4OS/c1-22-17(14-9-5-4-6-10-14)20-21-18(22)24-13-16(23)19-15-11-7-2-3-8-12-15/h4-6,9-10,15H,2-3,7-8,11-13H2,1H3,(H,19,23). The third-order valence-corrected chi connectivity index (χ3v) is 5.44. The third kappa shape index (κ3) is 4.38. The second kappa shape index (κ2) is 8.33. The summed E-state index contributed by atoms with van der Waals surface area (Å²) in [5.74, 6) is 1.30. The molecule has 6 heteroatoms. The van der Waals surface area contributed by atoms with Crippen molar-refractivity contribution < 1.29 is 4.79 Å². The minimum absolute atomic E-state index is 0.0937. The summed E-state index contributed by atoms with van der Waals surface area (Å²) in [4.78, 5) is 12.2. The van der Waals surface area contributed by atoms with E-state index in [4.69, 9.17) is 0 Å². The minimum atomic E-state index is 0.0937. The normalized spacial score (nSPS) is 15.9. The number of thioether (sulfide) groups is 1. The van der Waals surface area contributed by atoms with Crippen LogP contribution in [0.5, 0.6) is 0 Å². The molecule has 1 aliphatic rings. The zero-order valence-corrected chi connectivity index (χ0v) is 14.9. The minimum Gasteiger partial charge on any atom is -0.353 e. The second-order valence-electron chi connectivity index (χ2n) is 6.28. The van der Waals surface area contributed by atoms with Crippen molar-refractivity contribution in [2.45, 2.75) is 49.7 Å². The van der Waals surface area contributed by atoms with Crippen LogP contribution in [-0.2, 0) is 11.8 Å². The number of nitrogens with one attached hydrogen (secondary N) is 1. The first-order valence-corrected chi connectivity index (χ1v) is 9.59. The van der Waals surface area contributed by atoms with E-state index in [-0.39, 0.29) is 5.91 Å². The molecule has 2 aromatic rings. The number of rotatable bonds is 5. The van der Waals surface area contributed by atoms with Gasteiger partial charge in [-0.25, -0.2) is 0 Å². The van der Waals surface area contributed by atoms with Crippen LogP contribution in [0.1, 0.15) is 38.5 Å². The van der Waals surface area contributed by atoms with Crippen LogP contribution in [0, 0.1) is 0 Å². The van der Waals surface area contributed by atoms with Crippen molar-refractivity contribution in [2.75, 3.05) is 5.75 Å². The first-order chi connectivity index (χ1) is 11.7. The summed E-state index contributed by atoms with van der Waals surface area (Å²) < 4.78 is 1.94. The Morgan fingerprint density at radius 2 is 1.88 bits per heavy atom. The molecule has 1 heterocycles. The summed E-state index contributed by atoms with van der Waals surface area (Å²) in [5, 5.41) is 12.4. The van der Waals surface area contributed by atoms with Crippen LogP contribution in [0.15, 0.2) is 35.5 Å². The van der Waals surface area contributed by atoms with E-state index < -0.39 is 0 Å². The summed E-state index contributed by atoms with van der Waals surface area (Å²) >= 11 is 1.44. The fourth-order valence-electron chi connectivity index (χ4n) is 3.10. The van der Waals surface area contributed by atoms with Crippen molar-refractivity contribution in [3.8, 4) is 11.4 Å². The number of nitrogens with zero attached hydrogens (tertiary/aromatic N) is 3. The summed E-state index contributed by atoms with van der Waals surface area (Å²) in [7, 11) is 1.94. The van der Waals surface area contributed by atoms with Crippen LogP contribution >= 0.6 is 11.8 Å². The second-order valence-corrected chi connectivity index (χ2v) is 7.22. The largest absolute Gasteiger partial charge is 0.353 e. The number of carbonyl (C=O) groups excluding carboxylic acids is 1. The first-order valence-electron chi connectivity index (χ1n) is 8.61. The van der Waals surface area contributed by atoms with Crippen molar-refractivity contribution in [3.05, 3.63) is 30.3 Å². The SMILES string of the molecule is Cn1c(SCC(=O)NC2CCCCCC2)nnc1-c1ccccc1. The Labute approximate surface area is 147 Å². The van der Waals surface area contributed by atoms with Crippen molar-refractivity contribution >= 4 is 17.7 Å². The van der Waals surface area contributed by atoms with Crippen LogP contribution in [0.2, 0.25) is 0 Å². The molecule has 3 rings (SSSR count). The highest BCUT2D eigenvalue weighted by Gasteiger charge is 2.16. The van der Waals surface area contributed by atoms with E-state index in [0.717, 1.165) is 29.4 Å². The molecule has 0 unspecified atom stereocenters. The average Bonchev–Trinajstić information content (AvgIpc) is 2.79. The smallest absolute Gasteiger partial charge is 0.230 e. The Morgan fingerprint density at radius 3 is 2.58 bits per heavy atom. The molecular formula is C18H24N4OS. The van der Waals surface area contributed by atoms with Gasteiger partial charge in [-0.3, -0.25) is 4.79 Å². The molecule has 1 aromatic carbocycles. The maximum atomic E-state index is 12.2. The monoisotopic (exact) mass is 344 g/mol. The molecule has 24 heavy (non-hydrogen) atoms. The topological polar surface area (TPSA) is 59.8 Å². The highest BCUT2D eigenvalue weighted by molar-refractivity contribution is 7.99. The quantitative estimate of drug-likeness (QED) is 0.667. The van der Waals surface area contributed by atoms with Gasteiger partial charge in [0.05, 0.1) is 5.75 Å². The zero-order valence-electron chi connectivity index (χ0n) is 14.1. The molecule has 1 aliphatic carbocycles. The Morgan fingerprint density at radius 1 is 1.17 bits per heavy atom. The molecule has 0 aliphatic heterocycles. The molecule has 128 valence electrons. The fraction of sp³-hybridized carbons (Fsp3) is 0.500. The predicted molar refractivity (Wildman–Crippen MR) is 96.8 cm³/mol. The fourth-order valence-corrected chi connectivity index (χ4v) is 3.82. The molecule has 1 fully saturated rings. The molecule has 0 saturated heterocycles. The first kappa shape index (κ1) is 17.0. The number of amides is 1. The Balaban J connectivity index is 1.55. The van der Waals surface area contributed by atoms with E-state index >= 15 is 0 Å². The summed E-state index contributed by atoms with van der Waals surface area (Å²) in [6.07, 6.45) is 7.26. The van der Waals surface area contributed by atoms with Crippen LogP contribution in [-0.4, -0.2) is 32.5 Å². The summed E-state index contributed by atoms with van der Waals surface area (Å²) in [5.41, 5.74) is 1.03. The predicted octanol–water partition coefficient (Wildman–Crippen LogP) is 3.41. The lowest BCUT2D eigenvalue weighted by molar-refractivity contribution is -0.119. The van der Waals surface area contributed by atoms with Gasteiger partial charge in [0.1, 0.15) is 0 Å². The molecule has 0 atom stereocenters. The molecule has 1 amide bonds. The zero-order chi connectivity index (χ0) is 16.8. The van der Waals surface area contributed by atoms with Gasteiger partial charge in [-0.05, 0) is 12.8 Å². The molecule has 1 aromatic heterocycles. The van der Waals surface area contributed by atoms with E-state index in [1.807, 2.05) is 41.9 Å². The van der Waals surface area contributed by atoms with Gasteiger partial charge in [0, 0.05) is 18.7 Å². The van der Waals surface area contributed by atoms with Gasteiger partial charge in [-0.2, -0.15) is 0 Å². The van der Waals surface area contributed by atoms with Gasteiger partial charge in [0.25, 0.3) is 0 Å². The number of hydrogen-bond acceptors (Lipinski definition) is 4. The molecule has 1 N–H and O–H groups in total. The third-order valence-electron chi connectivity index (χ3n) is 4.42. The molecule has 0 bridgehead atoms. The molecule has 1 saturated carbocycles. The van der Waals surface area contributed by atoms with Gasteiger partial charge < -0.3 is 9.88 Å². The lowest BCUT2D eigenvalue weighted by Crippen LogP contribution is -2.35. The average molecular weight is 344 g/mol.